The third-order valence-electron chi connectivity index (χ3n) is 4.10. The van der Waals surface area contributed by atoms with Gasteiger partial charge in [0.1, 0.15) is 0 Å². The Labute approximate surface area is 171 Å². The van der Waals surface area contributed by atoms with Crippen molar-refractivity contribution < 1.29 is 67.0 Å². The molecule has 2 N–H and O–H groups in total. The van der Waals surface area contributed by atoms with Crippen molar-refractivity contribution in [3.63, 3.8) is 0 Å². The number of amides is 1. The standard InChI is InChI=1S/C15H6F13N3O2/c16-10(17,9(33)31-30-7-5-3-1-2-4-6(5)29-8(7)32)11(18,19)12(20,21)13(22,23)14(24,25)15(26,27)28/h1-4,29,32H. The molecule has 1 aromatic carbocycles. The van der Waals surface area contributed by atoms with Gasteiger partial charge in [-0.2, -0.15) is 57.1 Å². The van der Waals surface area contributed by atoms with Gasteiger partial charge in [0, 0.05) is 5.39 Å². The summed E-state index contributed by atoms with van der Waals surface area (Å²) in [6, 6.07) is 4.95. The first-order valence-electron chi connectivity index (χ1n) is 7.86. The minimum atomic E-state index is -8.14. The quantitative estimate of drug-likeness (QED) is 0.360. The molecule has 0 radical (unpaired) electrons. The van der Waals surface area contributed by atoms with Crippen LogP contribution in [0.1, 0.15) is 0 Å². The van der Waals surface area contributed by atoms with E-state index in [2.05, 4.69) is 10.1 Å². The SMILES string of the molecule is O=C(N=Nc1c(O)[nH]c2ccccc12)C(F)(F)C(F)(F)C(F)(F)C(F)(F)C(F)(F)C(F)(F)F. The number of hydrogen-bond acceptors (Lipinski definition) is 3. The van der Waals surface area contributed by atoms with Crippen LogP contribution in [0, 0.1) is 0 Å². The molecule has 2 rings (SSSR count). The predicted molar refractivity (Wildman–Crippen MR) is 80.3 cm³/mol. The van der Waals surface area contributed by atoms with E-state index in [1.807, 2.05) is 5.11 Å². The fraction of sp³-hybridized carbons (Fsp3) is 0.400. The first kappa shape index (κ1) is 26.2. The summed E-state index contributed by atoms with van der Waals surface area (Å²) in [5.74, 6) is -43.8. The van der Waals surface area contributed by atoms with Crippen molar-refractivity contribution in [2.45, 2.75) is 35.8 Å². The number of carbonyl (C=O) groups is 1. The van der Waals surface area contributed by atoms with Gasteiger partial charge < -0.3 is 10.1 Å². The van der Waals surface area contributed by atoms with E-state index < -0.39 is 53.3 Å². The number of alkyl halides is 13. The number of aromatic nitrogens is 1. The van der Waals surface area contributed by atoms with Crippen LogP contribution in [0.5, 0.6) is 5.88 Å². The molecule has 0 bridgehead atoms. The van der Waals surface area contributed by atoms with E-state index in [9.17, 15) is 67.0 Å². The van der Waals surface area contributed by atoms with Gasteiger partial charge in [0.05, 0.1) is 5.52 Å². The lowest BCUT2D eigenvalue weighted by molar-refractivity contribution is -0.436. The van der Waals surface area contributed by atoms with Gasteiger partial charge >= 0.3 is 41.7 Å². The highest BCUT2D eigenvalue weighted by Crippen LogP contribution is 2.60. The highest BCUT2D eigenvalue weighted by Gasteiger charge is 2.91. The average molecular weight is 507 g/mol. The number of aromatic hydroxyl groups is 1. The molecule has 18 heteroatoms. The molecular formula is C15H6F13N3O2. The zero-order valence-electron chi connectivity index (χ0n) is 15.0. The van der Waals surface area contributed by atoms with Crippen molar-refractivity contribution in [1.82, 2.24) is 4.98 Å². The Morgan fingerprint density at radius 3 is 1.76 bits per heavy atom. The molecule has 0 aliphatic rings. The molecule has 0 aliphatic carbocycles. The number of fused-ring (bicyclic) bond motifs is 1. The molecule has 1 amide bonds. The maximum Gasteiger partial charge on any atom is 0.460 e. The summed E-state index contributed by atoms with van der Waals surface area (Å²) < 4.78 is 169. The first-order chi connectivity index (χ1) is 14.6. The van der Waals surface area contributed by atoms with Gasteiger partial charge in [-0.25, -0.2) is 0 Å². The Hall–Kier alpha value is -3.08. The Balaban J connectivity index is 2.49. The highest BCUT2D eigenvalue weighted by molar-refractivity contribution is 5.94. The summed E-state index contributed by atoms with van der Waals surface area (Å²) >= 11 is 0. The van der Waals surface area contributed by atoms with Crippen molar-refractivity contribution >= 4 is 22.5 Å². The number of rotatable bonds is 6. The Bertz CT molecular complexity index is 1090. The lowest BCUT2D eigenvalue weighted by Gasteiger charge is -2.38. The normalized spacial score (nSPS) is 14.9. The van der Waals surface area contributed by atoms with Crippen LogP contribution < -0.4 is 0 Å². The number of hydrogen-bond donors (Lipinski definition) is 2. The van der Waals surface area contributed by atoms with Gasteiger partial charge in [0.15, 0.2) is 5.69 Å². The van der Waals surface area contributed by atoms with Crippen LogP contribution in [0.4, 0.5) is 62.8 Å². The van der Waals surface area contributed by atoms with Crippen molar-refractivity contribution in [3.05, 3.63) is 24.3 Å². The molecule has 0 atom stereocenters. The molecular weight excluding hydrogens is 501 g/mol. The zero-order chi connectivity index (χ0) is 25.8. The summed E-state index contributed by atoms with van der Waals surface area (Å²) in [4.78, 5) is 13.4. The van der Waals surface area contributed by atoms with E-state index in [0.29, 0.717) is 0 Å². The molecule has 0 spiro atoms. The van der Waals surface area contributed by atoms with Crippen molar-refractivity contribution in [1.29, 1.82) is 0 Å². The van der Waals surface area contributed by atoms with Crippen molar-refractivity contribution in [2.24, 2.45) is 10.2 Å². The van der Waals surface area contributed by atoms with E-state index >= 15 is 0 Å². The molecule has 1 aromatic heterocycles. The van der Waals surface area contributed by atoms with Crippen LogP contribution in [0.15, 0.2) is 34.5 Å². The van der Waals surface area contributed by atoms with Crippen LogP contribution in [0.25, 0.3) is 10.9 Å². The van der Waals surface area contributed by atoms with Gasteiger partial charge in [0.2, 0.25) is 5.88 Å². The molecule has 33 heavy (non-hydrogen) atoms. The summed E-state index contributed by atoms with van der Waals surface area (Å²) in [5.41, 5.74) is -0.882. The summed E-state index contributed by atoms with van der Waals surface area (Å²) in [6.07, 6.45) is -7.57. The Kier molecular flexibility index (Phi) is 5.93. The Morgan fingerprint density at radius 2 is 1.24 bits per heavy atom. The van der Waals surface area contributed by atoms with Gasteiger partial charge in [-0.3, -0.25) is 4.79 Å². The number of azo groups is 1. The molecule has 5 nitrogen and oxygen atoms in total. The predicted octanol–water partition coefficient (Wildman–Crippen LogP) is 6.22. The third kappa shape index (κ3) is 3.64. The fourth-order valence-corrected chi connectivity index (χ4v) is 2.28. The maximum absolute atomic E-state index is 13.7. The van der Waals surface area contributed by atoms with E-state index in [4.69, 9.17) is 0 Å². The van der Waals surface area contributed by atoms with E-state index in [1.54, 1.807) is 0 Å². The second-order valence-corrected chi connectivity index (χ2v) is 6.24. The number of para-hydroxylation sites is 1. The second-order valence-electron chi connectivity index (χ2n) is 6.24. The monoisotopic (exact) mass is 507 g/mol. The maximum atomic E-state index is 13.7. The molecule has 1 heterocycles. The Morgan fingerprint density at radius 1 is 0.758 bits per heavy atom. The molecule has 0 saturated heterocycles. The summed E-state index contributed by atoms with van der Waals surface area (Å²) in [7, 11) is 0. The number of halogens is 13. The van der Waals surface area contributed by atoms with Crippen LogP contribution in [0.2, 0.25) is 0 Å². The smallest absolute Gasteiger partial charge is 0.460 e. The lowest BCUT2D eigenvalue weighted by Crippen LogP contribution is -2.71. The van der Waals surface area contributed by atoms with Crippen molar-refractivity contribution in [2.75, 3.05) is 0 Å². The van der Waals surface area contributed by atoms with Crippen LogP contribution >= 0.6 is 0 Å². The second kappa shape index (κ2) is 7.47. The molecule has 0 aliphatic heterocycles. The zero-order valence-corrected chi connectivity index (χ0v) is 15.0. The first-order valence-corrected chi connectivity index (χ1v) is 7.86. The van der Waals surface area contributed by atoms with Crippen LogP contribution in [-0.4, -0.2) is 51.8 Å². The van der Waals surface area contributed by atoms with Gasteiger partial charge in [0.25, 0.3) is 0 Å². The number of benzene rings is 1. The largest absolute Gasteiger partial charge is 0.493 e. The number of aromatic amines is 1. The topological polar surface area (TPSA) is 77.8 Å². The minimum Gasteiger partial charge on any atom is -0.493 e. The summed E-state index contributed by atoms with van der Waals surface area (Å²) in [5, 5.41) is 13.9. The van der Waals surface area contributed by atoms with E-state index in [-0.39, 0.29) is 10.9 Å². The van der Waals surface area contributed by atoms with Gasteiger partial charge in [-0.15, -0.1) is 10.2 Å². The van der Waals surface area contributed by atoms with E-state index in [1.165, 1.54) is 18.2 Å². The molecule has 0 unspecified atom stereocenters. The molecule has 0 saturated carbocycles. The fourth-order valence-electron chi connectivity index (χ4n) is 2.28. The molecule has 0 fully saturated rings. The molecule has 2 aromatic rings. The highest BCUT2D eigenvalue weighted by atomic mass is 19.4. The average Bonchev–Trinajstić information content (AvgIpc) is 2.99. The lowest BCUT2D eigenvalue weighted by atomic mass is 9.93. The molecule has 184 valence electrons. The number of carbonyl (C=O) groups excluding carboxylic acids is 1. The number of nitrogens with one attached hydrogen (secondary N) is 1. The van der Waals surface area contributed by atoms with Gasteiger partial charge in [-0.05, 0) is 6.07 Å². The van der Waals surface area contributed by atoms with Crippen LogP contribution in [-0.2, 0) is 4.79 Å². The van der Waals surface area contributed by atoms with Crippen LogP contribution in [0.3, 0.4) is 0 Å². The van der Waals surface area contributed by atoms with Gasteiger partial charge in [-0.1, -0.05) is 18.2 Å². The minimum absolute atomic E-state index is 0.00838. The third-order valence-corrected chi connectivity index (χ3v) is 4.10. The van der Waals surface area contributed by atoms with E-state index in [0.717, 1.165) is 6.07 Å². The number of nitrogens with zero attached hydrogens (tertiary/aromatic N) is 2. The number of H-pyrrole nitrogens is 1. The summed E-state index contributed by atoms with van der Waals surface area (Å²) in [6.45, 7) is 0. The van der Waals surface area contributed by atoms with Crippen molar-refractivity contribution in [3.8, 4) is 5.88 Å².